The summed E-state index contributed by atoms with van der Waals surface area (Å²) in [6.45, 7) is 4.19. The normalized spacial score (nSPS) is 15.5. The van der Waals surface area contributed by atoms with E-state index in [0.29, 0.717) is 29.2 Å². The SMILES string of the molecule is COC(=O)c1c(NC(=O)C2CCN(S(=O)(=O)c3ccc(OC)cc3)CC2)sc(C)c1C. The van der Waals surface area contributed by atoms with Crippen LogP contribution in [0.25, 0.3) is 0 Å². The Bertz CT molecular complexity index is 1070. The average Bonchev–Trinajstić information content (AvgIpc) is 3.06. The Hall–Kier alpha value is -2.43. The van der Waals surface area contributed by atoms with E-state index < -0.39 is 16.0 Å². The summed E-state index contributed by atoms with van der Waals surface area (Å²) in [6, 6.07) is 6.25. The van der Waals surface area contributed by atoms with Gasteiger partial charge in [0.1, 0.15) is 10.8 Å². The fourth-order valence-electron chi connectivity index (χ4n) is 3.53. The second kappa shape index (κ2) is 9.37. The minimum absolute atomic E-state index is 0.198. The molecule has 1 aliphatic rings. The van der Waals surface area contributed by atoms with Crippen LogP contribution in [0.2, 0.25) is 0 Å². The molecule has 0 radical (unpaired) electrons. The predicted molar refractivity (Wildman–Crippen MR) is 118 cm³/mol. The van der Waals surface area contributed by atoms with Crippen molar-refractivity contribution < 1.29 is 27.5 Å². The smallest absolute Gasteiger partial charge is 0.341 e. The molecule has 1 aromatic heterocycles. The van der Waals surface area contributed by atoms with Crippen molar-refractivity contribution in [3.8, 4) is 5.75 Å². The molecule has 0 unspecified atom stereocenters. The zero-order chi connectivity index (χ0) is 22.8. The van der Waals surface area contributed by atoms with Crippen LogP contribution in [0.3, 0.4) is 0 Å². The van der Waals surface area contributed by atoms with Gasteiger partial charge in [0.05, 0.1) is 24.7 Å². The van der Waals surface area contributed by atoms with Gasteiger partial charge in [0.25, 0.3) is 0 Å². The summed E-state index contributed by atoms with van der Waals surface area (Å²) in [5.74, 6) is -0.458. The van der Waals surface area contributed by atoms with Gasteiger partial charge in [-0.25, -0.2) is 13.2 Å². The van der Waals surface area contributed by atoms with E-state index in [1.165, 1.54) is 42.0 Å². The third-order valence-electron chi connectivity index (χ3n) is 5.53. The summed E-state index contributed by atoms with van der Waals surface area (Å²) in [5.41, 5.74) is 1.16. The third-order valence-corrected chi connectivity index (χ3v) is 8.57. The van der Waals surface area contributed by atoms with Gasteiger partial charge in [0.15, 0.2) is 0 Å². The monoisotopic (exact) mass is 466 g/mol. The Morgan fingerprint density at radius 1 is 1.10 bits per heavy atom. The Morgan fingerprint density at radius 2 is 1.71 bits per heavy atom. The standard InChI is InChI=1S/C21H26N2O6S2/c1-13-14(2)30-20(18(13)21(25)29-4)22-19(24)15-9-11-23(12-10-15)31(26,27)17-7-5-16(28-3)6-8-17/h5-8,15H,9-12H2,1-4H3,(H,22,24). The number of carbonyl (C=O) groups excluding carboxylic acids is 2. The van der Waals surface area contributed by atoms with E-state index in [2.05, 4.69) is 5.32 Å². The van der Waals surface area contributed by atoms with Crippen molar-refractivity contribution in [3.63, 3.8) is 0 Å². The highest BCUT2D eigenvalue weighted by Crippen LogP contribution is 2.34. The molecule has 10 heteroatoms. The summed E-state index contributed by atoms with van der Waals surface area (Å²) in [5, 5.41) is 3.32. The molecule has 2 heterocycles. The molecule has 1 saturated heterocycles. The van der Waals surface area contributed by atoms with Gasteiger partial charge in [-0.15, -0.1) is 11.3 Å². The second-order valence-corrected chi connectivity index (χ2v) is 10.5. The van der Waals surface area contributed by atoms with Gasteiger partial charge in [-0.1, -0.05) is 0 Å². The highest BCUT2D eigenvalue weighted by molar-refractivity contribution is 7.89. The maximum atomic E-state index is 12.9. The molecule has 0 atom stereocenters. The molecule has 2 aromatic rings. The molecule has 0 spiro atoms. The average molecular weight is 467 g/mol. The van der Waals surface area contributed by atoms with Crippen molar-refractivity contribution in [1.82, 2.24) is 4.31 Å². The number of amides is 1. The largest absolute Gasteiger partial charge is 0.497 e. The van der Waals surface area contributed by atoms with Gasteiger partial charge in [0.2, 0.25) is 15.9 Å². The summed E-state index contributed by atoms with van der Waals surface area (Å²) < 4.78 is 37.1. The molecular formula is C21H26N2O6S2. The predicted octanol–water partition coefficient (Wildman–Crippen LogP) is 3.20. The topological polar surface area (TPSA) is 102 Å². The molecule has 1 amide bonds. The van der Waals surface area contributed by atoms with Gasteiger partial charge in [-0.2, -0.15) is 4.31 Å². The molecule has 1 aliphatic heterocycles. The number of nitrogens with one attached hydrogen (secondary N) is 1. The van der Waals surface area contributed by atoms with Crippen LogP contribution in [-0.4, -0.2) is 51.9 Å². The van der Waals surface area contributed by atoms with E-state index in [-0.39, 0.29) is 29.8 Å². The molecule has 1 fully saturated rings. The highest BCUT2D eigenvalue weighted by Gasteiger charge is 2.33. The molecule has 168 valence electrons. The summed E-state index contributed by atoms with van der Waals surface area (Å²) in [7, 11) is -0.807. The summed E-state index contributed by atoms with van der Waals surface area (Å²) in [4.78, 5) is 26.0. The minimum Gasteiger partial charge on any atom is -0.497 e. The van der Waals surface area contributed by atoms with E-state index >= 15 is 0 Å². The lowest BCUT2D eigenvalue weighted by atomic mass is 9.97. The Labute approximate surface area is 186 Å². The Kier molecular flexibility index (Phi) is 7.03. The number of benzene rings is 1. The van der Waals surface area contributed by atoms with Gasteiger partial charge < -0.3 is 14.8 Å². The Morgan fingerprint density at radius 3 is 2.26 bits per heavy atom. The fourth-order valence-corrected chi connectivity index (χ4v) is 6.05. The summed E-state index contributed by atoms with van der Waals surface area (Å²) in [6.07, 6.45) is 0.802. The minimum atomic E-state index is -3.63. The van der Waals surface area contributed by atoms with Crippen LogP contribution in [0.1, 0.15) is 33.6 Å². The second-order valence-electron chi connectivity index (χ2n) is 7.32. The quantitative estimate of drug-likeness (QED) is 0.656. The number of sulfonamides is 1. The number of hydrogen-bond acceptors (Lipinski definition) is 7. The number of rotatable bonds is 6. The van der Waals surface area contributed by atoms with Crippen molar-refractivity contribution in [3.05, 3.63) is 40.3 Å². The van der Waals surface area contributed by atoms with Crippen molar-refractivity contribution in [1.29, 1.82) is 0 Å². The van der Waals surface area contributed by atoms with Crippen LogP contribution in [0, 0.1) is 19.8 Å². The number of esters is 1. The molecule has 0 aliphatic carbocycles. The van der Waals surface area contributed by atoms with Crippen molar-refractivity contribution in [2.24, 2.45) is 5.92 Å². The lowest BCUT2D eigenvalue weighted by Gasteiger charge is -2.30. The van der Waals surface area contributed by atoms with E-state index in [1.54, 1.807) is 12.1 Å². The first-order valence-electron chi connectivity index (χ1n) is 9.82. The van der Waals surface area contributed by atoms with E-state index in [0.717, 1.165) is 10.4 Å². The maximum absolute atomic E-state index is 12.9. The molecular weight excluding hydrogens is 440 g/mol. The molecule has 8 nitrogen and oxygen atoms in total. The first-order chi connectivity index (χ1) is 14.7. The van der Waals surface area contributed by atoms with Crippen LogP contribution in [0.4, 0.5) is 5.00 Å². The van der Waals surface area contributed by atoms with Crippen LogP contribution >= 0.6 is 11.3 Å². The zero-order valence-corrected chi connectivity index (χ0v) is 19.6. The first-order valence-corrected chi connectivity index (χ1v) is 12.1. The number of hydrogen-bond donors (Lipinski definition) is 1. The number of ether oxygens (including phenoxy) is 2. The molecule has 3 rings (SSSR count). The number of thiophene rings is 1. The lowest BCUT2D eigenvalue weighted by Crippen LogP contribution is -2.41. The van der Waals surface area contributed by atoms with E-state index in [1.807, 2.05) is 13.8 Å². The zero-order valence-electron chi connectivity index (χ0n) is 17.9. The molecule has 1 N–H and O–H groups in total. The first kappa shape index (κ1) is 23.2. The molecule has 31 heavy (non-hydrogen) atoms. The molecule has 1 aromatic carbocycles. The van der Waals surface area contributed by atoms with Crippen LogP contribution in [-0.2, 0) is 19.6 Å². The number of aryl methyl sites for hydroxylation is 1. The molecule has 0 bridgehead atoms. The van der Waals surface area contributed by atoms with Gasteiger partial charge >= 0.3 is 5.97 Å². The maximum Gasteiger partial charge on any atom is 0.341 e. The number of carbonyl (C=O) groups is 2. The van der Waals surface area contributed by atoms with Crippen molar-refractivity contribution in [2.75, 3.05) is 32.6 Å². The number of nitrogens with zero attached hydrogens (tertiary/aromatic N) is 1. The van der Waals surface area contributed by atoms with Crippen LogP contribution in [0.5, 0.6) is 5.75 Å². The van der Waals surface area contributed by atoms with Crippen LogP contribution < -0.4 is 10.1 Å². The van der Waals surface area contributed by atoms with E-state index in [9.17, 15) is 18.0 Å². The van der Waals surface area contributed by atoms with Gasteiger partial charge in [0, 0.05) is 23.9 Å². The lowest BCUT2D eigenvalue weighted by molar-refractivity contribution is -0.120. The van der Waals surface area contributed by atoms with E-state index in [4.69, 9.17) is 9.47 Å². The number of anilines is 1. The third kappa shape index (κ3) is 4.76. The van der Waals surface area contributed by atoms with Crippen molar-refractivity contribution >= 4 is 38.2 Å². The Balaban J connectivity index is 1.66. The highest BCUT2D eigenvalue weighted by atomic mass is 32.2. The number of methoxy groups -OCH3 is 2. The fraction of sp³-hybridized carbons (Fsp3) is 0.429. The molecule has 0 saturated carbocycles. The van der Waals surface area contributed by atoms with Gasteiger partial charge in [-0.05, 0) is 56.5 Å². The number of piperidine rings is 1. The van der Waals surface area contributed by atoms with Crippen molar-refractivity contribution in [2.45, 2.75) is 31.6 Å². The van der Waals surface area contributed by atoms with Crippen LogP contribution in [0.15, 0.2) is 29.2 Å². The van der Waals surface area contributed by atoms with Gasteiger partial charge in [-0.3, -0.25) is 4.79 Å². The summed E-state index contributed by atoms with van der Waals surface area (Å²) >= 11 is 1.33.